The van der Waals surface area contributed by atoms with Crippen LogP contribution in [0.15, 0.2) is 59.9 Å². The van der Waals surface area contributed by atoms with Crippen molar-refractivity contribution in [2.45, 2.75) is 4.90 Å². The molecule has 0 unspecified atom stereocenters. The van der Waals surface area contributed by atoms with Crippen LogP contribution < -0.4 is 4.72 Å². The average Bonchev–Trinajstić information content (AvgIpc) is 3.04. The summed E-state index contributed by atoms with van der Waals surface area (Å²) in [7, 11) is -4.32. The number of sulfonamides is 1. The molecule has 0 spiro atoms. The van der Waals surface area contributed by atoms with Crippen molar-refractivity contribution in [2.24, 2.45) is 0 Å². The maximum Gasteiger partial charge on any atom is 0.285 e. The van der Waals surface area contributed by atoms with E-state index in [-0.39, 0.29) is 21.4 Å². The molecule has 3 aromatic rings. The highest BCUT2D eigenvalue weighted by molar-refractivity contribution is 7.90. The van der Waals surface area contributed by atoms with E-state index >= 15 is 0 Å². The Kier molecular flexibility index (Phi) is 4.99. The van der Waals surface area contributed by atoms with E-state index in [1.165, 1.54) is 53.5 Å². The Balaban J connectivity index is 1.88. The summed E-state index contributed by atoms with van der Waals surface area (Å²) >= 11 is 11.7. The highest BCUT2D eigenvalue weighted by Crippen LogP contribution is 2.28. The molecule has 1 aromatic heterocycles. The van der Waals surface area contributed by atoms with Gasteiger partial charge in [-0.3, -0.25) is 4.79 Å². The number of hydrogen-bond acceptors (Lipinski definition) is 4. The number of nitrogens with zero attached hydrogens (tertiary/aromatic N) is 2. The van der Waals surface area contributed by atoms with E-state index in [4.69, 9.17) is 23.2 Å². The third-order valence-corrected chi connectivity index (χ3v) is 5.65. The van der Waals surface area contributed by atoms with Crippen LogP contribution in [0.3, 0.4) is 0 Å². The van der Waals surface area contributed by atoms with E-state index in [0.717, 1.165) is 0 Å². The van der Waals surface area contributed by atoms with Gasteiger partial charge in [0.05, 0.1) is 15.7 Å². The van der Waals surface area contributed by atoms with Crippen LogP contribution in [0.25, 0.3) is 5.69 Å². The summed E-state index contributed by atoms with van der Waals surface area (Å²) in [4.78, 5) is 15.6. The molecule has 0 atom stereocenters. The molecule has 0 aliphatic heterocycles. The zero-order chi connectivity index (χ0) is 18.9. The maximum absolute atomic E-state index is 13.8. The van der Waals surface area contributed by atoms with Crippen LogP contribution in [0.2, 0.25) is 10.0 Å². The van der Waals surface area contributed by atoms with E-state index < -0.39 is 26.6 Å². The number of carbonyl (C=O) groups excluding carboxylic acids is 1. The van der Waals surface area contributed by atoms with Crippen molar-refractivity contribution in [1.82, 2.24) is 14.3 Å². The van der Waals surface area contributed by atoms with Crippen molar-refractivity contribution < 1.29 is 17.6 Å². The number of nitrogens with one attached hydrogen (secondary N) is 1. The van der Waals surface area contributed by atoms with Crippen LogP contribution in [0.1, 0.15) is 10.5 Å². The highest BCUT2D eigenvalue weighted by Gasteiger charge is 2.25. The monoisotopic (exact) mass is 413 g/mol. The third-order valence-electron chi connectivity index (χ3n) is 3.36. The molecule has 26 heavy (non-hydrogen) atoms. The smallest absolute Gasteiger partial charge is 0.285 e. The van der Waals surface area contributed by atoms with Gasteiger partial charge in [0.25, 0.3) is 15.9 Å². The van der Waals surface area contributed by atoms with Crippen LogP contribution in [0.4, 0.5) is 4.39 Å². The molecule has 10 heteroatoms. The van der Waals surface area contributed by atoms with Gasteiger partial charge in [-0.1, -0.05) is 41.4 Å². The van der Waals surface area contributed by atoms with Crippen LogP contribution in [0.5, 0.6) is 0 Å². The second-order valence-electron chi connectivity index (χ2n) is 5.10. The summed E-state index contributed by atoms with van der Waals surface area (Å²) in [6.45, 7) is 0. The van der Waals surface area contributed by atoms with E-state index in [1.54, 1.807) is 6.07 Å². The quantitative estimate of drug-likeness (QED) is 0.710. The van der Waals surface area contributed by atoms with Crippen LogP contribution >= 0.6 is 23.2 Å². The lowest BCUT2D eigenvalue weighted by Crippen LogP contribution is -2.31. The van der Waals surface area contributed by atoms with Crippen molar-refractivity contribution in [3.05, 3.63) is 76.5 Å². The maximum atomic E-state index is 13.8. The molecule has 6 nitrogen and oxygen atoms in total. The Morgan fingerprint density at radius 3 is 2.38 bits per heavy atom. The number of benzene rings is 2. The van der Waals surface area contributed by atoms with E-state index in [1.807, 2.05) is 4.72 Å². The van der Waals surface area contributed by atoms with Gasteiger partial charge in [-0.2, -0.15) is 0 Å². The summed E-state index contributed by atoms with van der Waals surface area (Å²) < 4.78 is 41.7. The SMILES string of the molecule is O=C(NS(=O)(=O)c1c(Cl)cccc1Cl)c1cn(-c2ccccc2F)cn1. The average molecular weight is 414 g/mol. The summed E-state index contributed by atoms with van der Waals surface area (Å²) in [5.41, 5.74) is -0.0592. The minimum absolute atomic E-state index is 0.130. The number of imidazole rings is 1. The Morgan fingerprint density at radius 1 is 1.08 bits per heavy atom. The van der Waals surface area contributed by atoms with Gasteiger partial charge in [0, 0.05) is 6.20 Å². The summed E-state index contributed by atoms with van der Waals surface area (Å²) in [5, 5.41) is -0.260. The predicted octanol–water partition coefficient (Wildman–Crippen LogP) is 3.44. The fourth-order valence-electron chi connectivity index (χ4n) is 2.20. The van der Waals surface area contributed by atoms with Crippen molar-refractivity contribution in [1.29, 1.82) is 0 Å². The molecular formula is C16H10Cl2FN3O3S. The van der Waals surface area contributed by atoms with Crippen molar-refractivity contribution in [2.75, 3.05) is 0 Å². The van der Waals surface area contributed by atoms with Gasteiger partial charge < -0.3 is 4.57 Å². The zero-order valence-electron chi connectivity index (χ0n) is 12.9. The van der Waals surface area contributed by atoms with Gasteiger partial charge in [-0.15, -0.1) is 0 Å². The Bertz CT molecular complexity index is 1080. The van der Waals surface area contributed by atoms with Gasteiger partial charge >= 0.3 is 0 Å². The summed E-state index contributed by atoms with van der Waals surface area (Å²) in [5.74, 6) is -1.52. The van der Waals surface area contributed by atoms with Gasteiger partial charge in [0.2, 0.25) is 0 Å². The van der Waals surface area contributed by atoms with Gasteiger partial charge in [0.1, 0.15) is 22.7 Å². The Morgan fingerprint density at radius 2 is 1.73 bits per heavy atom. The van der Waals surface area contributed by atoms with Crippen molar-refractivity contribution in [3.8, 4) is 5.69 Å². The normalized spacial score (nSPS) is 11.3. The first-order valence-corrected chi connectivity index (χ1v) is 9.33. The zero-order valence-corrected chi connectivity index (χ0v) is 15.2. The molecule has 2 aromatic carbocycles. The number of para-hydroxylation sites is 1. The molecule has 0 aliphatic rings. The fraction of sp³-hybridized carbons (Fsp3) is 0. The number of amides is 1. The van der Waals surface area contributed by atoms with Crippen LogP contribution in [-0.2, 0) is 10.0 Å². The van der Waals surface area contributed by atoms with E-state index in [9.17, 15) is 17.6 Å². The Hall–Kier alpha value is -2.42. The third kappa shape index (κ3) is 3.57. The second-order valence-corrected chi connectivity index (χ2v) is 7.54. The highest BCUT2D eigenvalue weighted by atomic mass is 35.5. The molecular weight excluding hydrogens is 404 g/mol. The largest absolute Gasteiger partial charge is 0.303 e. The van der Waals surface area contributed by atoms with Crippen molar-refractivity contribution in [3.63, 3.8) is 0 Å². The van der Waals surface area contributed by atoms with Gasteiger partial charge in [0.15, 0.2) is 0 Å². The Labute approximate surface area is 158 Å². The molecule has 1 heterocycles. The number of rotatable bonds is 4. The molecule has 3 rings (SSSR count). The number of hydrogen-bond donors (Lipinski definition) is 1. The molecule has 0 saturated carbocycles. The molecule has 134 valence electrons. The molecule has 0 fully saturated rings. The first-order chi connectivity index (χ1) is 12.3. The van der Waals surface area contributed by atoms with Gasteiger partial charge in [-0.05, 0) is 24.3 Å². The summed E-state index contributed by atoms with van der Waals surface area (Å²) in [6.07, 6.45) is 2.40. The number of halogens is 3. The molecule has 0 saturated heterocycles. The van der Waals surface area contributed by atoms with Crippen LogP contribution in [-0.4, -0.2) is 23.9 Å². The second kappa shape index (κ2) is 7.06. The van der Waals surface area contributed by atoms with Crippen LogP contribution in [0, 0.1) is 5.82 Å². The summed E-state index contributed by atoms with van der Waals surface area (Å²) in [6, 6.07) is 10.0. The lowest BCUT2D eigenvalue weighted by Gasteiger charge is -2.09. The molecule has 0 radical (unpaired) electrons. The first kappa shape index (κ1) is 18.4. The predicted molar refractivity (Wildman–Crippen MR) is 94.6 cm³/mol. The lowest BCUT2D eigenvalue weighted by molar-refractivity contribution is 0.0977. The number of carbonyl (C=O) groups is 1. The standard InChI is InChI=1S/C16H10Cl2FN3O3S/c17-10-4-3-5-11(18)15(10)26(24,25)21-16(23)13-8-22(9-20-13)14-7-2-1-6-12(14)19/h1-9H,(H,21,23). The minimum atomic E-state index is -4.32. The lowest BCUT2D eigenvalue weighted by atomic mass is 10.3. The topological polar surface area (TPSA) is 81.1 Å². The number of aromatic nitrogens is 2. The molecule has 1 N–H and O–H groups in total. The first-order valence-electron chi connectivity index (χ1n) is 7.09. The van der Waals surface area contributed by atoms with E-state index in [0.29, 0.717) is 0 Å². The van der Waals surface area contributed by atoms with Crippen molar-refractivity contribution >= 4 is 39.1 Å². The molecule has 0 aliphatic carbocycles. The minimum Gasteiger partial charge on any atom is -0.303 e. The van der Waals surface area contributed by atoms with E-state index in [2.05, 4.69) is 4.98 Å². The molecule has 1 amide bonds. The fourth-order valence-corrected chi connectivity index (χ4v) is 4.30. The molecule has 0 bridgehead atoms. The van der Waals surface area contributed by atoms with Gasteiger partial charge in [-0.25, -0.2) is 22.5 Å².